The first-order valence-corrected chi connectivity index (χ1v) is 10.6. The van der Waals surface area contributed by atoms with E-state index in [-0.39, 0.29) is 11.8 Å². The molecular weight excluding hydrogens is 406 g/mol. The third kappa shape index (κ3) is 5.24. The number of pyridine rings is 1. The molecule has 7 heteroatoms. The summed E-state index contributed by atoms with van der Waals surface area (Å²) in [5, 5.41) is 5.63. The molecule has 7 nitrogen and oxygen atoms in total. The van der Waals surface area contributed by atoms with E-state index in [4.69, 9.17) is 9.47 Å². The van der Waals surface area contributed by atoms with Crippen molar-refractivity contribution in [2.75, 3.05) is 17.2 Å². The van der Waals surface area contributed by atoms with Crippen LogP contribution in [0.15, 0.2) is 60.8 Å². The number of fused-ring (bicyclic) bond motifs is 2. The Kier molecular flexibility index (Phi) is 6.35. The van der Waals surface area contributed by atoms with Crippen molar-refractivity contribution in [3.63, 3.8) is 0 Å². The fraction of sp³-hybridized carbons (Fsp3) is 0.240. The molecule has 2 N–H and O–H groups in total. The summed E-state index contributed by atoms with van der Waals surface area (Å²) in [5.41, 5.74) is 2.42. The highest BCUT2D eigenvalue weighted by Crippen LogP contribution is 2.34. The second kappa shape index (κ2) is 9.51. The fourth-order valence-corrected chi connectivity index (χ4v) is 3.23. The Morgan fingerprint density at radius 2 is 1.97 bits per heavy atom. The summed E-state index contributed by atoms with van der Waals surface area (Å²) >= 11 is 0. The molecule has 0 saturated carbocycles. The Labute approximate surface area is 186 Å². The topological polar surface area (TPSA) is 89.5 Å². The zero-order valence-corrected chi connectivity index (χ0v) is 18.1. The smallest absolute Gasteiger partial charge is 0.259 e. The average molecular weight is 431 g/mol. The largest absolute Gasteiger partial charge is 0.493 e. The van der Waals surface area contributed by atoms with Crippen molar-refractivity contribution in [3.8, 4) is 17.4 Å². The lowest BCUT2D eigenvalue weighted by Gasteiger charge is -2.10. The lowest BCUT2D eigenvalue weighted by molar-refractivity contribution is -0.116. The molecule has 0 aliphatic carbocycles. The average Bonchev–Trinajstić information content (AvgIpc) is 2.92. The van der Waals surface area contributed by atoms with E-state index < -0.39 is 0 Å². The number of anilines is 2. The van der Waals surface area contributed by atoms with Crippen molar-refractivity contribution < 1.29 is 19.1 Å². The number of aromatic nitrogens is 1. The van der Waals surface area contributed by atoms with E-state index in [2.05, 4.69) is 29.5 Å². The fourth-order valence-electron chi connectivity index (χ4n) is 3.23. The van der Waals surface area contributed by atoms with Gasteiger partial charge in [0, 0.05) is 18.3 Å². The summed E-state index contributed by atoms with van der Waals surface area (Å²) < 4.78 is 11.4. The zero-order valence-electron chi connectivity index (χ0n) is 18.1. The van der Waals surface area contributed by atoms with Crippen molar-refractivity contribution in [1.29, 1.82) is 0 Å². The molecule has 2 aromatic carbocycles. The Morgan fingerprint density at radius 1 is 1.16 bits per heavy atom. The number of ether oxygens (including phenoxy) is 2. The van der Waals surface area contributed by atoms with Crippen molar-refractivity contribution in [3.05, 3.63) is 71.9 Å². The van der Waals surface area contributed by atoms with Gasteiger partial charge in [0.25, 0.3) is 5.91 Å². The van der Waals surface area contributed by atoms with Gasteiger partial charge in [-0.15, -0.1) is 0 Å². The molecule has 3 aromatic rings. The van der Waals surface area contributed by atoms with Crippen molar-refractivity contribution in [2.24, 2.45) is 5.92 Å². The minimum absolute atomic E-state index is 0.134. The molecule has 1 aliphatic rings. The van der Waals surface area contributed by atoms with Crippen LogP contribution in [-0.4, -0.2) is 23.4 Å². The summed E-state index contributed by atoms with van der Waals surface area (Å²) in [5.74, 6) is 1.56. The van der Waals surface area contributed by atoms with Gasteiger partial charge >= 0.3 is 0 Å². The highest BCUT2D eigenvalue weighted by molar-refractivity contribution is 6.08. The summed E-state index contributed by atoms with van der Waals surface area (Å²) in [7, 11) is 0. The first-order chi connectivity index (χ1) is 15.5. The maximum absolute atomic E-state index is 12.6. The third-order valence-electron chi connectivity index (χ3n) is 4.88. The normalized spacial score (nSPS) is 12.2. The Bertz CT molecular complexity index is 1130. The SMILES string of the molecule is CC(C)COc1ccc(CCC(=O)Nc2ccc3c(c2)C(=O)Nc2cccnc2O3)cc1. The number of benzene rings is 2. The van der Waals surface area contributed by atoms with E-state index >= 15 is 0 Å². The molecule has 0 bridgehead atoms. The first-order valence-electron chi connectivity index (χ1n) is 10.6. The van der Waals surface area contributed by atoms with Gasteiger partial charge in [-0.1, -0.05) is 26.0 Å². The summed E-state index contributed by atoms with van der Waals surface area (Å²) in [6, 6.07) is 16.2. The van der Waals surface area contributed by atoms with Crippen molar-refractivity contribution >= 4 is 23.2 Å². The van der Waals surface area contributed by atoms with Gasteiger partial charge in [0.2, 0.25) is 11.8 Å². The van der Waals surface area contributed by atoms with Crippen LogP contribution in [0.4, 0.5) is 11.4 Å². The number of nitrogens with zero attached hydrogens (tertiary/aromatic N) is 1. The van der Waals surface area contributed by atoms with Gasteiger partial charge in [-0.3, -0.25) is 9.59 Å². The molecule has 0 spiro atoms. The second-order valence-corrected chi connectivity index (χ2v) is 8.02. The highest BCUT2D eigenvalue weighted by atomic mass is 16.5. The number of carbonyl (C=O) groups is 2. The van der Waals surface area contributed by atoms with Gasteiger partial charge in [-0.25, -0.2) is 4.98 Å². The molecule has 1 aromatic heterocycles. The quantitative estimate of drug-likeness (QED) is 0.547. The van der Waals surface area contributed by atoms with Crippen LogP contribution in [0.2, 0.25) is 0 Å². The standard InChI is InChI=1S/C25H25N3O4/c1-16(2)15-31-19-9-5-17(6-10-19)7-12-23(29)27-18-8-11-22-20(14-18)24(30)28-21-4-3-13-26-25(21)32-22/h3-6,8-11,13-14,16H,7,12,15H2,1-2H3,(H,27,29)(H,28,30). The maximum atomic E-state index is 12.6. The highest BCUT2D eigenvalue weighted by Gasteiger charge is 2.22. The molecule has 4 rings (SSSR count). The van der Waals surface area contributed by atoms with Crippen molar-refractivity contribution in [2.45, 2.75) is 26.7 Å². The molecule has 0 atom stereocenters. The zero-order chi connectivity index (χ0) is 22.5. The summed E-state index contributed by atoms with van der Waals surface area (Å²) in [4.78, 5) is 29.2. The van der Waals surface area contributed by atoms with Gasteiger partial charge in [-0.2, -0.15) is 0 Å². The van der Waals surface area contributed by atoms with Gasteiger partial charge in [0.1, 0.15) is 17.2 Å². The number of amides is 2. The van der Waals surface area contributed by atoms with E-state index in [0.717, 1.165) is 11.3 Å². The predicted molar refractivity (Wildman–Crippen MR) is 122 cm³/mol. The third-order valence-corrected chi connectivity index (χ3v) is 4.88. The van der Waals surface area contributed by atoms with Gasteiger partial charge in [-0.05, 0) is 60.4 Å². The van der Waals surface area contributed by atoms with E-state index in [1.165, 1.54) is 0 Å². The maximum Gasteiger partial charge on any atom is 0.259 e. The number of aryl methyl sites for hydroxylation is 1. The number of carbonyl (C=O) groups excluding carboxylic acids is 2. The van der Waals surface area contributed by atoms with E-state index in [0.29, 0.717) is 53.9 Å². The molecule has 0 saturated heterocycles. The van der Waals surface area contributed by atoms with Crippen LogP contribution < -0.4 is 20.1 Å². The van der Waals surface area contributed by atoms with Crippen LogP contribution in [0.5, 0.6) is 17.4 Å². The van der Waals surface area contributed by atoms with Gasteiger partial charge in [0.15, 0.2) is 0 Å². The molecule has 32 heavy (non-hydrogen) atoms. The van der Waals surface area contributed by atoms with Crippen LogP contribution in [0.3, 0.4) is 0 Å². The van der Waals surface area contributed by atoms with Crippen molar-refractivity contribution in [1.82, 2.24) is 4.98 Å². The number of hydrogen-bond donors (Lipinski definition) is 2. The molecule has 2 heterocycles. The second-order valence-electron chi connectivity index (χ2n) is 8.02. The molecule has 0 unspecified atom stereocenters. The molecule has 164 valence electrons. The summed E-state index contributed by atoms with van der Waals surface area (Å²) in [6.45, 7) is 4.88. The van der Waals surface area contributed by atoms with Crippen LogP contribution >= 0.6 is 0 Å². The van der Waals surface area contributed by atoms with Crippen LogP contribution in [-0.2, 0) is 11.2 Å². The lowest BCUT2D eigenvalue weighted by Crippen LogP contribution is -2.14. The predicted octanol–water partition coefficient (Wildman–Crippen LogP) is 5.05. The Balaban J connectivity index is 1.35. The first kappa shape index (κ1) is 21.4. The van der Waals surface area contributed by atoms with E-state index in [1.807, 2.05) is 24.3 Å². The van der Waals surface area contributed by atoms with E-state index in [1.54, 1.807) is 36.5 Å². The van der Waals surface area contributed by atoms with Gasteiger partial charge < -0.3 is 20.1 Å². The van der Waals surface area contributed by atoms with Crippen LogP contribution in [0.25, 0.3) is 0 Å². The van der Waals surface area contributed by atoms with Crippen LogP contribution in [0, 0.1) is 5.92 Å². The molecule has 0 fully saturated rings. The Morgan fingerprint density at radius 3 is 2.75 bits per heavy atom. The molecule has 1 aliphatic heterocycles. The number of hydrogen-bond acceptors (Lipinski definition) is 5. The van der Waals surface area contributed by atoms with E-state index in [9.17, 15) is 9.59 Å². The van der Waals surface area contributed by atoms with Crippen LogP contribution in [0.1, 0.15) is 36.2 Å². The van der Waals surface area contributed by atoms with Gasteiger partial charge in [0.05, 0.1) is 12.2 Å². The minimum Gasteiger partial charge on any atom is -0.493 e. The Hall–Kier alpha value is -3.87. The molecule has 0 radical (unpaired) electrons. The molecule has 2 amide bonds. The minimum atomic E-state index is -0.317. The monoisotopic (exact) mass is 431 g/mol. The number of rotatable bonds is 7. The summed E-state index contributed by atoms with van der Waals surface area (Å²) in [6.07, 6.45) is 2.52. The molecular formula is C25H25N3O4. The lowest BCUT2D eigenvalue weighted by atomic mass is 10.1. The number of nitrogens with one attached hydrogen (secondary N) is 2.